The normalized spacial score (nSPS) is 20.1. The van der Waals surface area contributed by atoms with Crippen molar-refractivity contribution in [3.8, 4) is 0 Å². The predicted octanol–water partition coefficient (Wildman–Crippen LogP) is 1.55. The fourth-order valence-electron chi connectivity index (χ4n) is 2.62. The van der Waals surface area contributed by atoms with Gasteiger partial charge in [0, 0.05) is 25.7 Å². The summed E-state index contributed by atoms with van der Waals surface area (Å²) >= 11 is 0. The smallest absolute Gasteiger partial charge is 0.214 e. The van der Waals surface area contributed by atoms with E-state index in [1.165, 1.54) is 11.1 Å². The molecule has 1 aliphatic heterocycles. The second-order valence-electron chi connectivity index (χ2n) is 5.55. The first kappa shape index (κ1) is 15.5. The average Bonchev–Trinajstić information content (AvgIpc) is 2.72. The zero-order valence-corrected chi connectivity index (χ0v) is 13.1. The van der Waals surface area contributed by atoms with Gasteiger partial charge in [-0.2, -0.15) is 0 Å². The lowest BCUT2D eigenvalue weighted by Gasteiger charge is -2.18. The fraction of sp³-hybridized carbons (Fsp3) is 0.600. The fourth-order valence-corrected chi connectivity index (χ4v) is 4.15. The van der Waals surface area contributed by atoms with Crippen molar-refractivity contribution < 1.29 is 8.42 Å². The van der Waals surface area contributed by atoms with Crippen LogP contribution in [0.3, 0.4) is 0 Å². The first-order valence-electron chi connectivity index (χ1n) is 7.25. The quantitative estimate of drug-likeness (QED) is 0.866. The van der Waals surface area contributed by atoms with E-state index in [0.29, 0.717) is 31.4 Å². The second kappa shape index (κ2) is 6.70. The topological polar surface area (TPSA) is 49.4 Å². The van der Waals surface area contributed by atoms with Crippen molar-refractivity contribution in [1.82, 2.24) is 9.62 Å². The summed E-state index contributed by atoms with van der Waals surface area (Å²) in [6.07, 6.45) is 1.74. The van der Waals surface area contributed by atoms with Gasteiger partial charge in [-0.1, -0.05) is 24.3 Å². The predicted molar refractivity (Wildman–Crippen MR) is 82.3 cm³/mol. The molecule has 112 valence electrons. The third kappa shape index (κ3) is 4.04. The highest BCUT2D eigenvalue weighted by atomic mass is 32.2. The Morgan fingerprint density at radius 2 is 2.10 bits per heavy atom. The summed E-state index contributed by atoms with van der Waals surface area (Å²) in [6, 6.07) is 8.74. The molecule has 0 spiro atoms. The van der Waals surface area contributed by atoms with Crippen LogP contribution in [0, 0.1) is 6.92 Å². The largest absolute Gasteiger partial charge is 0.313 e. The van der Waals surface area contributed by atoms with Crippen LogP contribution in [-0.4, -0.2) is 44.2 Å². The van der Waals surface area contributed by atoms with Gasteiger partial charge in [0.25, 0.3) is 0 Å². The standard InChI is InChI=1S/C15H24N2O2S/c1-13-6-3-4-7-15(13)12-14(2)16-8-10-17-9-5-11-20(17,18)19/h3-4,6-7,14,16H,5,8-12H2,1-2H3/t14-/m0/s1. The lowest BCUT2D eigenvalue weighted by atomic mass is 10.0. The van der Waals surface area contributed by atoms with Gasteiger partial charge in [-0.3, -0.25) is 0 Å². The molecule has 2 rings (SSSR count). The van der Waals surface area contributed by atoms with Gasteiger partial charge >= 0.3 is 0 Å². The number of hydrogen-bond acceptors (Lipinski definition) is 3. The molecule has 0 aliphatic carbocycles. The van der Waals surface area contributed by atoms with Crippen molar-refractivity contribution in [3.05, 3.63) is 35.4 Å². The lowest BCUT2D eigenvalue weighted by Crippen LogP contribution is -2.37. The minimum absolute atomic E-state index is 0.311. The number of rotatable bonds is 6. The van der Waals surface area contributed by atoms with Gasteiger partial charge in [0.05, 0.1) is 5.75 Å². The first-order valence-corrected chi connectivity index (χ1v) is 8.85. The lowest BCUT2D eigenvalue weighted by molar-refractivity contribution is 0.418. The highest BCUT2D eigenvalue weighted by Crippen LogP contribution is 2.12. The molecule has 1 aromatic carbocycles. The van der Waals surface area contributed by atoms with Gasteiger partial charge in [-0.05, 0) is 37.8 Å². The first-order chi connectivity index (χ1) is 9.49. The number of nitrogens with zero attached hydrogens (tertiary/aromatic N) is 1. The molecule has 1 fully saturated rings. The Morgan fingerprint density at radius 1 is 1.35 bits per heavy atom. The summed E-state index contributed by atoms with van der Waals surface area (Å²) in [7, 11) is -2.96. The maximum atomic E-state index is 11.7. The summed E-state index contributed by atoms with van der Waals surface area (Å²) in [5.41, 5.74) is 2.66. The maximum absolute atomic E-state index is 11.7. The molecule has 1 aliphatic rings. The van der Waals surface area contributed by atoms with Crippen molar-refractivity contribution in [2.75, 3.05) is 25.4 Å². The molecule has 1 N–H and O–H groups in total. The molecular weight excluding hydrogens is 272 g/mol. The average molecular weight is 296 g/mol. The van der Waals surface area contributed by atoms with Gasteiger partial charge in [0.1, 0.15) is 0 Å². The van der Waals surface area contributed by atoms with E-state index >= 15 is 0 Å². The molecule has 0 amide bonds. The second-order valence-corrected chi connectivity index (χ2v) is 7.64. The van der Waals surface area contributed by atoms with E-state index in [0.717, 1.165) is 12.8 Å². The zero-order chi connectivity index (χ0) is 14.6. The van der Waals surface area contributed by atoms with E-state index in [2.05, 4.69) is 43.4 Å². The molecule has 1 heterocycles. The van der Waals surface area contributed by atoms with E-state index in [9.17, 15) is 8.42 Å². The van der Waals surface area contributed by atoms with Crippen molar-refractivity contribution in [1.29, 1.82) is 0 Å². The summed E-state index contributed by atoms with van der Waals surface area (Å²) in [4.78, 5) is 0. The molecule has 0 unspecified atom stereocenters. The SMILES string of the molecule is Cc1ccccc1C[C@H](C)NCCN1CCCS1(=O)=O. The summed E-state index contributed by atoms with van der Waals surface area (Å²) in [5, 5.41) is 3.42. The summed E-state index contributed by atoms with van der Waals surface area (Å²) < 4.78 is 24.9. The number of nitrogens with one attached hydrogen (secondary N) is 1. The molecule has 20 heavy (non-hydrogen) atoms. The minimum Gasteiger partial charge on any atom is -0.313 e. The molecule has 0 saturated carbocycles. The van der Waals surface area contributed by atoms with E-state index in [-0.39, 0.29) is 0 Å². The van der Waals surface area contributed by atoms with Crippen LogP contribution in [0.5, 0.6) is 0 Å². The highest BCUT2D eigenvalue weighted by molar-refractivity contribution is 7.89. The molecule has 0 aromatic heterocycles. The monoisotopic (exact) mass is 296 g/mol. The Hall–Kier alpha value is -0.910. The Morgan fingerprint density at radius 3 is 2.75 bits per heavy atom. The molecule has 4 nitrogen and oxygen atoms in total. The van der Waals surface area contributed by atoms with Crippen molar-refractivity contribution in [2.24, 2.45) is 0 Å². The number of sulfonamides is 1. The van der Waals surface area contributed by atoms with Crippen LogP contribution in [-0.2, 0) is 16.4 Å². The van der Waals surface area contributed by atoms with Gasteiger partial charge in [-0.15, -0.1) is 0 Å². The van der Waals surface area contributed by atoms with E-state index in [4.69, 9.17) is 0 Å². The number of aryl methyl sites for hydroxylation is 1. The van der Waals surface area contributed by atoms with Crippen LogP contribution in [0.4, 0.5) is 0 Å². The van der Waals surface area contributed by atoms with Crippen LogP contribution >= 0.6 is 0 Å². The van der Waals surface area contributed by atoms with Crippen molar-refractivity contribution in [3.63, 3.8) is 0 Å². The van der Waals surface area contributed by atoms with Crippen molar-refractivity contribution >= 4 is 10.0 Å². The molecular formula is C15H24N2O2S. The summed E-state index contributed by atoms with van der Waals surface area (Å²) in [5.74, 6) is 0.311. The summed E-state index contributed by atoms with van der Waals surface area (Å²) in [6.45, 7) is 6.24. The Kier molecular flexibility index (Phi) is 5.18. The van der Waals surface area contributed by atoms with Gasteiger partial charge in [0.2, 0.25) is 10.0 Å². The minimum atomic E-state index is -2.96. The Labute approximate surface area is 122 Å². The molecule has 0 bridgehead atoms. The third-order valence-electron chi connectivity index (χ3n) is 3.84. The van der Waals surface area contributed by atoms with E-state index in [1.54, 1.807) is 4.31 Å². The maximum Gasteiger partial charge on any atom is 0.214 e. The van der Waals surface area contributed by atoms with Crippen molar-refractivity contribution in [2.45, 2.75) is 32.7 Å². The highest BCUT2D eigenvalue weighted by Gasteiger charge is 2.27. The van der Waals surface area contributed by atoms with Crippen LogP contribution in [0.15, 0.2) is 24.3 Å². The van der Waals surface area contributed by atoms with E-state index in [1.807, 2.05) is 0 Å². The van der Waals surface area contributed by atoms with Crippen LogP contribution in [0.1, 0.15) is 24.5 Å². The molecule has 1 aromatic rings. The van der Waals surface area contributed by atoms with Crippen LogP contribution in [0.25, 0.3) is 0 Å². The molecule has 1 saturated heterocycles. The third-order valence-corrected chi connectivity index (χ3v) is 5.80. The van der Waals surface area contributed by atoms with Crippen LogP contribution in [0.2, 0.25) is 0 Å². The Balaban J connectivity index is 1.76. The molecule has 0 radical (unpaired) electrons. The van der Waals surface area contributed by atoms with Gasteiger partial charge in [0.15, 0.2) is 0 Å². The Bertz CT molecular complexity index is 543. The van der Waals surface area contributed by atoms with Gasteiger partial charge in [-0.25, -0.2) is 12.7 Å². The zero-order valence-electron chi connectivity index (χ0n) is 12.3. The van der Waals surface area contributed by atoms with Gasteiger partial charge < -0.3 is 5.32 Å². The molecule has 5 heteroatoms. The number of hydrogen-bond donors (Lipinski definition) is 1. The molecule has 1 atom stereocenters. The van der Waals surface area contributed by atoms with Crippen LogP contribution < -0.4 is 5.32 Å². The number of benzene rings is 1. The van der Waals surface area contributed by atoms with E-state index < -0.39 is 10.0 Å².